The zero-order valence-electron chi connectivity index (χ0n) is 16.8. The minimum Gasteiger partial charge on any atom is -0.484 e. The Labute approximate surface area is 176 Å². The molecule has 158 valence electrons. The van der Waals surface area contributed by atoms with Crippen molar-refractivity contribution in [2.24, 2.45) is 0 Å². The van der Waals surface area contributed by atoms with Crippen LogP contribution in [-0.4, -0.2) is 35.8 Å². The summed E-state index contributed by atoms with van der Waals surface area (Å²) in [5.41, 5.74) is 0.683. The third-order valence-corrected chi connectivity index (χ3v) is 4.98. The van der Waals surface area contributed by atoms with Gasteiger partial charge in [0.15, 0.2) is 11.6 Å². The van der Waals surface area contributed by atoms with Crippen molar-refractivity contribution in [1.82, 2.24) is 10.0 Å². The van der Waals surface area contributed by atoms with Gasteiger partial charge in [-0.15, -0.1) is 0 Å². The third kappa shape index (κ3) is 7.14. The van der Waals surface area contributed by atoms with Crippen LogP contribution in [0.2, 0.25) is 5.02 Å². The van der Waals surface area contributed by atoms with E-state index in [2.05, 4.69) is 17.0 Å². The largest absolute Gasteiger partial charge is 0.484 e. The number of halogens is 2. The van der Waals surface area contributed by atoms with E-state index >= 15 is 0 Å². The molecule has 0 N–H and O–H groups in total. The van der Waals surface area contributed by atoms with Gasteiger partial charge in [0.25, 0.3) is 0 Å². The highest BCUT2D eigenvalue weighted by atomic mass is 35.5. The van der Waals surface area contributed by atoms with Crippen molar-refractivity contribution in [2.75, 3.05) is 19.7 Å². The van der Waals surface area contributed by atoms with Gasteiger partial charge in [0, 0.05) is 24.2 Å². The third-order valence-electron chi connectivity index (χ3n) is 4.75. The summed E-state index contributed by atoms with van der Waals surface area (Å²) in [6.07, 6.45) is 6.42. The Kier molecular flexibility index (Phi) is 8.52. The van der Waals surface area contributed by atoms with Gasteiger partial charge >= 0.3 is 0 Å². The van der Waals surface area contributed by atoms with Crippen LogP contribution in [0.15, 0.2) is 36.4 Å². The molecular weight excluding hydrogens is 395 g/mol. The molecule has 0 unspecified atom stereocenters. The first-order valence-electron chi connectivity index (χ1n) is 10.2. The van der Waals surface area contributed by atoms with Gasteiger partial charge in [-0.05, 0) is 43.5 Å². The van der Waals surface area contributed by atoms with Crippen LogP contribution in [0.5, 0.6) is 11.6 Å². The van der Waals surface area contributed by atoms with Crippen molar-refractivity contribution in [3.63, 3.8) is 0 Å². The number of unbranched alkanes of at least 4 members (excludes halogenated alkanes) is 2. The lowest BCUT2D eigenvalue weighted by Crippen LogP contribution is -2.15. The summed E-state index contributed by atoms with van der Waals surface area (Å²) in [4.78, 5) is 9.64. The average Bonchev–Trinajstić information content (AvgIpc) is 3.38. The Balaban J connectivity index is 0.000000283. The SMILES string of the molecule is C1CN2CCC1O2.CCCCCOc1cccc(COc2ccc(Cl)cc2F)n1. The number of aromatic nitrogens is 1. The van der Waals surface area contributed by atoms with Crippen molar-refractivity contribution in [3.8, 4) is 11.6 Å². The molecule has 2 saturated heterocycles. The lowest BCUT2D eigenvalue weighted by molar-refractivity contribution is -0.0904. The molecule has 1 aromatic carbocycles. The number of ether oxygens (including phenoxy) is 2. The summed E-state index contributed by atoms with van der Waals surface area (Å²) >= 11 is 5.70. The summed E-state index contributed by atoms with van der Waals surface area (Å²) in [6.45, 7) is 5.31. The van der Waals surface area contributed by atoms with Gasteiger partial charge in [-0.1, -0.05) is 37.4 Å². The maximum absolute atomic E-state index is 13.6. The van der Waals surface area contributed by atoms with Crippen LogP contribution < -0.4 is 9.47 Å². The van der Waals surface area contributed by atoms with Crippen molar-refractivity contribution in [2.45, 2.75) is 51.7 Å². The van der Waals surface area contributed by atoms with E-state index in [1.54, 1.807) is 12.1 Å². The molecule has 2 aliphatic rings. The first kappa shape index (κ1) is 21.8. The van der Waals surface area contributed by atoms with Gasteiger partial charge in [-0.25, -0.2) is 9.37 Å². The zero-order chi connectivity index (χ0) is 20.5. The predicted octanol–water partition coefficient (Wildman–Crippen LogP) is 5.42. The molecular formula is C22H28ClFN2O3. The number of hydrogen-bond donors (Lipinski definition) is 0. The maximum atomic E-state index is 13.6. The number of hydroxylamine groups is 2. The Morgan fingerprint density at radius 3 is 2.62 bits per heavy atom. The lowest BCUT2D eigenvalue weighted by Gasteiger charge is -2.09. The minimum absolute atomic E-state index is 0.153. The standard InChI is InChI=1S/C17H19ClFNO2.C5H9NO/c1-2-3-4-10-21-17-7-5-6-14(20-17)12-22-16-9-8-13(18)11-15(16)19;1-3-6-4-2-5(1)7-6/h5-9,11H,2-4,10,12H2,1H3;5H,1-4H2. The molecule has 4 rings (SSSR count). The first-order chi connectivity index (χ1) is 14.1. The van der Waals surface area contributed by atoms with Crippen LogP contribution in [0, 0.1) is 5.82 Å². The van der Waals surface area contributed by atoms with Crippen molar-refractivity contribution in [3.05, 3.63) is 52.9 Å². The quantitative estimate of drug-likeness (QED) is 0.531. The number of fused-ring (bicyclic) bond motifs is 2. The van der Waals surface area contributed by atoms with E-state index in [9.17, 15) is 4.39 Å². The molecule has 0 atom stereocenters. The van der Waals surface area contributed by atoms with Crippen molar-refractivity contribution >= 4 is 11.6 Å². The van der Waals surface area contributed by atoms with E-state index < -0.39 is 5.82 Å². The summed E-state index contributed by atoms with van der Waals surface area (Å²) in [5, 5.41) is 2.40. The van der Waals surface area contributed by atoms with Gasteiger partial charge < -0.3 is 9.47 Å². The van der Waals surface area contributed by atoms with Crippen LogP contribution >= 0.6 is 11.6 Å². The second-order valence-electron chi connectivity index (χ2n) is 7.12. The molecule has 0 radical (unpaired) electrons. The van der Waals surface area contributed by atoms with E-state index in [0.717, 1.165) is 19.3 Å². The van der Waals surface area contributed by atoms with Gasteiger partial charge in [-0.3, -0.25) is 4.84 Å². The molecule has 7 heteroatoms. The molecule has 2 aliphatic heterocycles. The minimum atomic E-state index is -0.487. The molecule has 0 aliphatic carbocycles. The van der Waals surface area contributed by atoms with E-state index in [4.69, 9.17) is 25.9 Å². The summed E-state index contributed by atoms with van der Waals surface area (Å²) < 4.78 is 24.6. The van der Waals surface area contributed by atoms with E-state index in [1.165, 1.54) is 38.1 Å². The predicted molar refractivity (Wildman–Crippen MR) is 111 cm³/mol. The number of hydrogen-bond acceptors (Lipinski definition) is 5. The Morgan fingerprint density at radius 1 is 1.17 bits per heavy atom. The van der Waals surface area contributed by atoms with Crippen LogP contribution in [0.25, 0.3) is 0 Å². The van der Waals surface area contributed by atoms with E-state index in [1.807, 2.05) is 12.1 Å². The normalized spacial score (nSPS) is 19.6. The lowest BCUT2D eigenvalue weighted by atomic mass is 10.1. The summed E-state index contributed by atoms with van der Waals surface area (Å²) in [7, 11) is 0. The van der Waals surface area contributed by atoms with Crippen LogP contribution in [0.4, 0.5) is 4.39 Å². The van der Waals surface area contributed by atoms with E-state index in [-0.39, 0.29) is 12.4 Å². The monoisotopic (exact) mass is 422 g/mol. The number of benzene rings is 1. The maximum Gasteiger partial charge on any atom is 0.213 e. The number of piperidine rings is 1. The fraction of sp³-hybridized carbons (Fsp3) is 0.500. The molecule has 0 spiro atoms. The molecule has 29 heavy (non-hydrogen) atoms. The van der Waals surface area contributed by atoms with Crippen LogP contribution in [0.3, 0.4) is 0 Å². The smallest absolute Gasteiger partial charge is 0.213 e. The Bertz CT molecular complexity index is 759. The molecule has 3 heterocycles. The second-order valence-corrected chi connectivity index (χ2v) is 7.56. The highest BCUT2D eigenvalue weighted by molar-refractivity contribution is 6.30. The Hall–Kier alpha value is -1.89. The topological polar surface area (TPSA) is 43.8 Å². The van der Waals surface area contributed by atoms with Gasteiger partial charge in [0.2, 0.25) is 5.88 Å². The number of rotatable bonds is 8. The highest BCUT2D eigenvalue weighted by Crippen LogP contribution is 2.23. The first-order valence-corrected chi connectivity index (χ1v) is 10.6. The number of nitrogens with zero attached hydrogens (tertiary/aromatic N) is 2. The molecule has 2 bridgehead atoms. The second kappa shape index (κ2) is 11.3. The fourth-order valence-corrected chi connectivity index (χ4v) is 3.30. The molecule has 5 nitrogen and oxygen atoms in total. The van der Waals surface area contributed by atoms with Crippen molar-refractivity contribution < 1.29 is 18.7 Å². The molecule has 2 fully saturated rings. The molecule has 0 amide bonds. The van der Waals surface area contributed by atoms with E-state index in [0.29, 0.717) is 29.3 Å². The van der Waals surface area contributed by atoms with Gasteiger partial charge in [0.05, 0.1) is 18.4 Å². The zero-order valence-corrected chi connectivity index (χ0v) is 17.5. The highest BCUT2D eigenvalue weighted by Gasteiger charge is 2.29. The molecule has 0 saturated carbocycles. The van der Waals surface area contributed by atoms with Crippen LogP contribution in [0.1, 0.15) is 44.7 Å². The van der Waals surface area contributed by atoms with Crippen LogP contribution in [-0.2, 0) is 11.4 Å². The fourth-order valence-electron chi connectivity index (χ4n) is 3.14. The molecule has 1 aromatic heterocycles. The average molecular weight is 423 g/mol. The van der Waals surface area contributed by atoms with Crippen molar-refractivity contribution in [1.29, 1.82) is 0 Å². The van der Waals surface area contributed by atoms with Gasteiger partial charge in [0.1, 0.15) is 6.61 Å². The Morgan fingerprint density at radius 2 is 2.00 bits per heavy atom. The summed E-state index contributed by atoms with van der Waals surface area (Å²) in [5.74, 6) is 0.230. The molecule has 2 aromatic rings. The van der Waals surface area contributed by atoms with Gasteiger partial charge in [-0.2, -0.15) is 5.06 Å². The summed E-state index contributed by atoms with van der Waals surface area (Å²) in [6, 6.07) is 9.77. The number of pyridine rings is 1.